The molecule has 0 fully saturated rings. The molecule has 0 unspecified atom stereocenters. The lowest BCUT2D eigenvalue weighted by atomic mass is 10.0. The molecule has 1 N–H and O–H groups in total. The van der Waals surface area contributed by atoms with Gasteiger partial charge in [0.05, 0.1) is 10.7 Å². The Hall–Kier alpha value is -1.19. The molecule has 2 nitrogen and oxygen atoms in total. The summed E-state index contributed by atoms with van der Waals surface area (Å²) in [5.41, 5.74) is 2.38. The quantitative estimate of drug-likeness (QED) is 0.895. The number of likely N-dealkylation sites (N-methyl/N-ethyl adjacent to an activating group) is 1. The molecule has 2 aromatic rings. The van der Waals surface area contributed by atoms with Gasteiger partial charge in [0.2, 0.25) is 0 Å². The fourth-order valence-electron chi connectivity index (χ4n) is 1.60. The molecule has 0 aliphatic heterocycles. The first-order valence-corrected chi connectivity index (χ1v) is 6.67. The molecule has 0 bridgehead atoms. The molecule has 0 amide bonds. The van der Waals surface area contributed by atoms with Crippen LogP contribution in [0.25, 0.3) is 11.3 Å². The number of hydrogen-bond donors (Lipinski definition) is 1. The number of thiazole rings is 1. The van der Waals surface area contributed by atoms with Gasteiger partial charge >= 0.3 is 0 Å². The van der Waals surface area contributed by atoms with Crippen molar-refractivity contribution in [2.75, 3.05) is 7.05 Å². The van der Waals surface area contributed by atoms with Gasteiger partial charge < -0.3 is 5.32 Å². The minimum absolute atomic E-state index is 0.103. The Bertz CT molecular complexity index is 474. The first-order chi connectivity index (χ1) is 8.11. The monoisotopic (exact) mass is 246 g/mol. The first-order valence-electron chi connectivity index (χ1n) is 5.79. The van der Waals surface area contributed by atoms with Crippen molar-refractivity contribution in [2.24, 2.45) is 0 Å². The number of rotatable bonds is 4. The summed E-state index contributed by atoms with van der Waals surface area (Å²) in [5, 5.41) is 6.62. The molecule has 0 saturated carbocycles. The highest BCUT2D eigenvalue weighted by Gasteiger charge is 2.17. The fourth-order valence-corrected chi connectivity index (χ4v) is 2.63. The summed E-state index contributed by atoms with van der Waals surface area (Å²) >= 11 is 1.74. The van der Waals surface area contributed by atoms with Gasteiger partial charge in [-0.2, -0.15) is 0 Å². The van der Waals surface area contributed by atoms with Crippen LogP contribution in [0.1, 0.15) is 18.9 Å². The predicted octanol–water partition coefficient (Wildman–Crippen LogP) is 3.35. The number of nitrogens with zero attached hydrogens (tertiary/aromatic N) is 1. The van der Waals surface area contributed by atoms with Crippen LogP contribution in [0.4, 0.5) is 0 Å². The third-order valence-corrected chi connectivity index (χ3v) is 3.74. The second-order valence-corrected chi connectivity index (χ2v) is 5.75. The second kappa shape index (κ2) is 4.98. The molecule has 0 aliphatic carbocycles. The molecule has 2 rings (SSSR count). The van der Waals surface area contributed by atoms with Crippen molar-refractivity contribution >= 4 is 11.3 Å². The van der Waals surface area contributed by atoms with E-state index in [9.17, 15) is 0 Å². The maximum absolute atomic E-state index is 4.69. The molecule has 0 saturated heterocycles. The van der Waals surface area contributed by atoms with Crippen LogP contribution in [-0.2, 0) is 6.42 Å². The van der Waals surface area contributed by atoms with Crippen molar-refractivity contribution < 1.29 is 0 Å². The van der Waals surface area contributed by atoms with Crippen LogP contribution in [0.15, 0.2) is 35.7 Å². The molecule has 0 aliphatic rings. The van der Waals surface area contributed by atoms with Gasteiger partial charge in [0.25, 0.3) is 0 Å². The van der Waals surface area contributed by atoms with Crippen LogP contribution < -0.4 is 5.32 Å². The Labute approximate surface area is 107 Å². The second-order valence-electron chi connectivity index (χ2n) is 4.80. The highest BCUT2D eigenvalue weighted by atomic mass is 32.1. The van der Waals surface area contributed by atoms with Crippen molar-refractivity contribution in [1.82, 2.24) is 10.3 Å². The standard InChI is InChI=1S/C14H18N2S/c1-14(2,15-3)9-13-16-12(10-17-13)11-7-5-4-6-8-11/h4-8,10,15H,9H2,1-3H3. The van der Waals surface area contributed by atoms with E-state index in [4.69, 9.17) is 4.98 Å². The van der Waals surface area contributed by atoms with Crippen LogP contribution >= 0.6 is 11.3 Å². The third-order valence-electron chi connectivity index (χ3n) is 2.89. The molecule has 90 valence electrons. The smallest absolute Gasteiger partial charge is 0.0950 e. The molecule has 0 radical (unpaired) electrons. The molecule has 17 heavy (non-hydrogen) atoms. The minimum atomic E-state index is 0.103. The van der Waals surface area contributed by atoms with Gasteiger partial charge in [0, 0.05) is 22.9 Å². The van der Waals surface area contributed by atoms with Crippen molar-refractivity contribution in [2.45, 2.75) is 25.8 Å². The Balaban J connectivity index is 2.17. The van der Waals surface area contributed by atoms with Crippen molar-refractivity contribution in [3.8, 4) is 11.3 Å². The van der Waals surface area contributed by atoms with E-state index < -0.39 is 0 Å². The normalized spacial score (nSPS) is 11.7. The zero-order valence-electron chi connectivity index (χ0n) is 10.5. The predicted molar refractivity (Wildman–Crippen MR) is 74.4 cm³/mol. The highest BCUT2D eigenvalue weighted by Crippen LogP contribution is 2.23. The van der Waals surface area contributed by atoms with Gasteiger partial charge in [-0.3, -0.25) is 0 Å². The Kier molecular flexibility index (Phi) is 3.60. The van der Waals surface area contributed by atoms with Crippen molar-refractivity contribution in [1.29, 1.82) is 0 Å². The molecule has 1 heterocycles. The summed E-state index contributed by atoms with van der Waals surface area (Å²) in [5.74, 6) is 0. The van der Waals surface area contributed by atoms with Crippen LogP contribution in [0.2, 0.25) is 0 Å². The molecular formula is C14H18N2S. The van der Waals surface area contributed by atoms with Crippen LogP contribution in [0.3, 0.4) is 0 Å². The van der Waals surface area contributed by atoms with E-state index in [1.807, 2.05) is 25.2 Å². The molecule has 3 heteroatoms. The molecular weight excluding hydrogens is 228 g/mol. The summed E-state index contributed by atoms with van der Waals surface area (Å²) < 4.78 is 0. The van der Waals surface area contributed by atoms with E-state index in [1.165, 1.54) is 10.6 Å². The van der Waals surface area contributed by atoms with E-state index in [0.717, 1.165) is 12.1 Å². The summed E-state index contributed by atoms with van der Waals surface area (Å²) in [7, 11) is 1.99. The van der Waals surface area contributed by atoms with Gasteiger partial charge in [-0.1, -0.05) is 30.3 Å². The van der Waals surface area contributed by atoms with Gasteiger partial charge in [-0.25, -0.2) is 4.98 Å². The Morgan fingerprint density at radius 1 is 1.24 bits per heavy atom. The van der Waals surface area contributed by atoms with Gasteiger partial charge in [0.1, 0.15) is 0 Å². The van der Waals surface area contributed by atoms with Crippen LogP contribution in [-0.4, -0.2) is 17.6 Å². The maximum atomic E-state index is 4.69. The zero-order valence-corrected chi connectivity index (χ0v) is 11.3. The average molecular weight is 246 g/mol. The van der Waals surface area contributed by atoms with E-state index >= 15 is 0 Å². The average Bonchev–Trinajstić information content (AvgIpc) is 2.78. The van der Waals surface area contributed by atoms with Crippen molar-refractivity contribution in [3.05, 3.63) is 40.7 Å². The van der Waals surface area contributed by atoms with Crippen molar-refractivity contribution in [3.63, 3.8) is 0 Å². The molecule has 1 aromatic heterocycles. The van der Waals surface area contributed by atoms with Gasteiger partial charge in [-0.15, -0.1) is 11.3 Å². The van der Waals surface area contributed by atoms with Crippen LogP contribution in [0, 0.1) is 0 Å². The maximum Gasteiger partial charge on any atom is 0.0950 e. The van der Waals surface area contributed by atoms with Gasteiger partial charge in [-0.05, 0) is 20.9 Å². The Morgan fingerprint density at radius 3 is 2.59 bits per heavy atom. The zero-order chi connectivity index (χ0) is 12.3. The SMILES string of the molecule is CNC(C)(C)Cc1nc(-c2ccccc2)cs1. The third kappa shape index (κ3) is 3.14. The van der Waals surface area contributed by atoms with E-state index in [1.54, 1.807) is 11.3 Å². The molecule has 1 aromatic carbocycles. The number of benzene rings is 1. The number of hydrogen-bond acceptors (Lipinski definition) is 3. The Morgan fingerprint density at radius 2 is 1.94 bits per heavy atom. The van der Waals surface area contributed by atoms with E-state index in [0.29, 0.717) is 0 Å². The van der Waals surface area contributed by atoms with Gasteiger partial charge in [0.15, 0.2) is 0 Å². The fraction of sp³-hybridized carbons (Fsp3) is 0.357. The topological polar surface area (TPSA) is 24.9 Å². The number of aromatic nitrogens is 1. The molecule has 0 atom stereocenters. The highest BCUT2D eigenvalue weighted by molar-refractivity contribution is 7.09. The molecule has 0 spiro atoms. The summed E-state index contributed by atoms with van der Waals surface area (Å²) in [6, 6.07) is 10.3. The summed E-state index contributed by atoms with van der Waals surface area (Å²) in [4.78, 5) is 4.69. The van der Waals surface area contributed by atoms with Crippen LogP contribution in [0.5, 0.6) is 0 Å². The van der Waals surface area contributed by atoms with E-state index in [2.05, 4.69) is 36.7 Å². The summed E-state index contributed by atoms with van der Waals surface area (Å²) in [6.07, 6.45) is 0.959. The number of nitrogens with one attached hydrogen (secondary N) is 1. The minimum Gasteiger partial charge on any atom is -0.314 e. The van der Waals surface area contributed by atoms with E-state index in [-0.39, 0.29) is 5.54 Å². The lowest BCUT2D eigenvalue weighted by Crippen LogP contribution is -2.38. The largest absolute Gasteiger partial charge is 0.314 e. The first kappa shape index (κ1) is 12.3. The summed E-state index contributed by atoms with van der Waals surface area (Å²) in [6.45, 7) is 4.38. The lowest BCUT2D eigenvalue weighted by molar-refractivity contribution is 0.421. The lowest BCUT2D eigenvalue weighted by Gasteiger charge is -2.22.